The van der Waals surface area contributed by atoms with E-state index in [4.69, 9.17) is 9.47 Å². The maximum Gasteiger partial charge on any atom is 0.333 e. The summed E-state index contributed by atoms with van der Waals surface area (Å²) in [7, 11) is 1.70. The Bertz CT molecular complexity index is 271. The molecule has 0 aromatic carbocycles. The van der Waals surface area contributed by atoms with Gasteiger partial charge in [0.05, 0.1) is 6.61 Å². The molecule has 0 spiro atoms. The van der Waals surface area contributed by atoms with Crippen LogP contribution in [0.2, 0.25) is 0 Å². The molecule has 0 amide bonds. The monoisotopic (exact) mass is 240 g/mol. The molecule has 0 radical (unpaired) electrons. The average molecular weight is 240 g/mol. The molecule has 2 unspecified atom stereocenters. The Morgan fingerprint density at radius 1 is 1.41 bits per heavy atom. The fourth-order valence-corrected chi connectivity index (χ4v) is 2.40. The molecule has 0 aliphatic heterocycles. The maximum atomic E-state index is 11.8. The van der Waals surface area contributed by atoms with E-state index in [1.165, 1.54) is 0 Å². The molecule has 17 heavy (non-hydrogen) atoms. The van der Waals surface area contributed by atoms with Gasteiger partial charge in [0.25, 0.3) is 0 Å². The van der Waals surface area contributed by atoms with E-state index in [0.29, 0.717) is 30.6 Å². The predicted molar refractivity (Wildman–Crippen MR) is 67.6 cm³/mol. The van der Waals surface area contributed by atoms with Crippen LogP contribution < -0.4 is 0 Å². The van der Waals surface area contributed by atoms with E-state index in [9.17, 15) is 4.79 Å². The van der Waals surface area contributed by atoms with E-state index in [2.05, 4.69) is 6.58 Å². The largest absolute Gasteiger partial charge is 0.462 e. The fourth-order valence-electron chi connectivity index (χ4n) is 2.40. The third kappa shape index (κ3) is 4.15. The lowest BCUT2D eigenvalue weighted by atomic mass is 9.90. The van der Waals surface area contributed by atoms with E-state index in [1.54, 1.807) is 7.11 Å². The van der Waals surface area contributed by atoms with Crippen LogP contribution in [0.25, 0.3) is 0 Å². The number of esters is 1. The minimum atomic E-state index is -0.230. The van der Waals surface area contributed by atoms with Crippen LogP contribution in [0.5, 0.6) is 0 Å². The number of ether oxygens (including phenoxy) is 2. The van der Waals surface area contributed by atoms with Crippen LogP contribution in [0, 0.1) is 17.8 Å². The van der Waals surface area contributed by atoms with Gasteiger partial charge in [-0.25, -0.2) is 4.79 Å². The first-order chi connectivity index (χ1) is 8.06. The van der Waals surface area contributed by atoms with Crippen LogP contribution in [0.1, 0.15) is 33.1 Å². The second kappa shape index (κ2) is 6.80. The highest BCUT2D eigenvalue weighted by Crippen LogP contribution is 2.36. The summed E-state index contributed by atoms with van der Waals surface area (Å²) in [5.41, 5.74) is 0.630. The molecule has 1 aliphatic rings. The van der Waals surface area contributed by atoms with Crippen LogP contribution in [0.15, 0.2) is 12.2 Å². The molecule has 1 saturated carbocycles. The first kappa shape index (κ1) is 14.2. The van der Waals surface area contributed by atoms with Gasteiger partial charge in [0.2, 0.25) is 0 Å². The summed E-state index contributed by atoms with van der Waals surface area (Å²) in [6.07, 6.45) is 3.30. The molecule has 2 atom stereocenters. The molecule has 0 aromatic heterocycles. The molecule has 1 aliphatic carbocycles. The van der Waals surface area contributed by atoms with Crippen molar-refractivity contribution in [3.8, 4) is 0 Å². The normalized spacial score (nSPS) is 24.0. The second-order valence-corrected chi connectivity index (χ2v) is 5.27. The van der Waals surface area contributed by atoms with Gasteiger partial charge in [0, 0.05) is 19.3 Å². The summed E-state index contributed by atoms with van der Waals surface area (Å²) in [6, 6.07) is 0. The Morgan fingerprint density at radius 2 is 2.12 bits per heavy atom. The molecule has 0 heterocycles. The number of rotatable bonds is 6. The van der Waals surface area contributed by atoms with E-state index >= 15 is 0 Å². The Labute approximate surface area is 104 Å². The summed E-state index contributed by atoms with van der Waals surface area (Å²) >= 11 is 0. The minimum absolute atomic E-state index is 0.230. The lowest BCUT2D eigenvalue weighted by Crippen LogP contribution is -2.22. The number of carbonyl (C=O) groups is 1. The number of hydrogen-bond acceptors (Lipinski definition) is 3. The maximum absolute atomic E-state index is 11.8. The molecule has 0 N–H and O–H groups in total. The summed E-state index contributed by atoms with van der Waals surface area (Å²) in [5, 5.41) is 0. The molecule has 1 fully saturated rings. The highest BCUT2D eigenvalue weighted by molar-refractivity contribution is 5.88. The molecule has 0 bridgehead atoms. The van der Waals surface area contributed by atoms with Crippen molar-refractivity contribution < 1.29 is 14.3 Å². The number of hydrogen-bond donors (Lipinski definition) is 0. The van der Waals surface area contributed by atoms with Crippen LogP contribution >= 0.6 is 0 Å². The van der Waals surface area contributed by atoms with Crippen molar-refractivity contribution >= 4 is 5.97 Å². The Kier molecular flexibility index (Phi) is 5.69. The molecule has 0 saturated heterocycles. The topological polar surface area (TPSA) is 35.5 Å². The van der Waals surface area contributed by atoms with Crippen molar-refractivity contribution in [3.05, 3.63) is 12.2 Å². The standard InChI is InChI=1S/C14H24O3/c1-10(2)8-17-14(15)11(3)13-7-5-6-12(13)9-16-4/h10,12-13H,3,5-9H2,1-2,4H3. The van der Waals surface area contributed by atoms with E-state index in [0.717, 1.165) is 19.3 Å². The summed E-state index contributed by atoms with van der Waals surface area (Å²) in [4.78, 5) is 11.8. The average Bonchev–Trinajstić information content (AvgIpc) is 2.73. The Balaban J connectivity index is 2.47. The van der Waals surface area contributed by atoms with Gasteiger partial charge in [-0.3, -0.25) is 0 Å². The Morgan fingerprint density at radius 3 is 2.71 bits per heavy atom. The van der Waals surface area contributed by atoms with Gasteiger partial charge >= 0.3 is 5.97 Å². The van der Waals surface area contributed by atoms with Gasteiger partial charge in [0.15, 0.2) is 0 Å². The van der Waals surface area contributed by atoms with Crippen LogP contribution in [0.3, 0.4) is 0 Å². The van der Waals surface area contributed by atoms with E-state index in [-0.39, 0.29) is 11.9 Å². The third-order valence-electron chi connectivity index (χ3n) is 3.30. The van der Waals surface area contributed by atoms with Crippen LogP contribution in [-0.2, 0) is 14.3 Å². The van der Waals surface area contributed by atoms with Crippen molar-refractivity contribution in [1.29, 1.82) is 0 Å². The zero-order valence-electron chi connectivity index (χ0n) is 11.2. The van der Waals surface area contributed by atoms with Gasteiger partial charge in [0.1, 0.15) is 0 Å². The van der Waals surface area contributed by atoms with Crippen molar-refractivity contribution in [1.82, 2.24) is 0 Å². The molecule has 3 nitrogen and oxygen atoms in total. The van der Waals surface area contributed by atoms with Crippen LogP contribution in [0.4, 0.5) is 0 Å². The highest BCUT2D eigenvalue weighted by Gasteiger charge is 2.32. The summed E-state index contributed by atoms with van der Waals surface area (Å²) in [5.74, 6) is 0.811. The van der Waals surface area contributed by atoms with E-state index in [1.807, 2.05) is 13.8 Å². The third-order valence-corrected chi connectivity index (χ3v) is 3.30. The van der Waals surface area contributed by atoms with Gasteiger partial charge in [-0.15, -0.1) is 0 Å². The van der Waals surface area contributed by atoms with Gasteiger partial charge < -0.3 is 9.47 Å². The van der Waals surface area contributed by atoms with Crippen molar-refractivity contribution in [3.63, 3.8) is 0 Å². The molecule has 0 aromatic rings. The number of carbonyl (C=O) groups excluding carboxylic acids is 1. The second-order valence-electron chi connectivity index (χ2n) is 5.27. The highest BCUT2D eigenvalue weighted by atomic mass is 16.5. The lowest BCUT2D eigenvalue weighted by Gasteiger charge is -2.20. The molecular weight excluding hydrogens is 216 g/mol. The van der Waals surface area contributed by atoms with E-state index < -0.39 is 0 Å². The van der Waals surface area contributed by atoms with Gasteiger partial charge in [-0.05, 0) is 30.6 Å². The Hall–Kier alpha value is -0.830. The predicted octanol–water partition coefficient (Wildman–Crippen LogP) is 2.80. The zero-order valence-corrected chi connectivity index (χ0v) is 11.2. The van der Waals surface area contributed by atoms with Gasteiger partial charge in [-0.1, -0.05) is 26.8 Å². The zero-order chi connectivity index (χ0) is 12.8. The molecule has 1 rings (SSSR count). The molecular formula is C14H24O3. The lowest BCUT2D eigenvalue weighted by molar-refractivity contribution is -0.140. The van der Waals surface area contributed by atoms with Gasteiger partial charge in [-0.2, -0.15) is 0 Å². The SMILES string of the molecule is C=C(C(=O)OCC(C)C)C1CCCC1COC. The molecule has 3 heteroatoms. The van der Waals surface area contributed by atoms with Crippen molar-refractivity contribution in [2.75, 3.05) is 20.3 Å². The number of methoxy groups -OCH3 is 1. The first-order valence-corrected chi connectivity index (χ1v) is 6.41. The minimum Gasteiger partial charge on any atom is -0.462 e. The van der Waals surface area contributed by atoms with Crippen molar-refractivity contribution in [2.45, 2.75) is 33.1 Å². The first-order valence-electron chi connectivity index (χ1n) is 6.41. The summed E-state index contributed by atoms with van der Waals surface area (Å²) in [6.45, 7) is 9.15. The quantitative estimate of drug-likeness (QED) is 0.529. The van der Waals surface area contributed by atoms with Crippen LogP contribution in [-0.4, -0.2) is 26.3 Å². The van der Waals surface area contributed by atoms with Crippen molar-refractivity contribution in [2.24, 2.45) is 17.8 Å². The smallest absolute Gasteiger partial charge is 0.333 e. The summed E-state index contributed by atoms with van der Waals surface area (Å²) < 4.78 is 10.4. The molecule has 98 valence electrons. The fraction of sp³-hybridized carbons (Fsp3) is 0.786.